The Morgan fingerprint density at radius 3 is 2.89 bits per heavy atom. The van der Waals surface area contributed by atoms with Crippen LogP contribution in [0.2, 0.25) is 0 Å². The number of carbonyl (C=O) groups excluding carboxylic acids is 2. The molecule has 2 aliphatic heterocycles. The van der Waals surface area contributed by atoms with Gasteiger partial charge in [0, 0.05) is 19.3 Å². The molecule has 8 nitrogen and oxygen atoms in total. The average Bonchev–Trinajstić information content (AvgIpc) is 3.32. The summed E-state index contributed by atoms with van der Waals surface area (Å²) in [6.07, 6.45) is 2.62. The molecule has 142 valence electrons. The van der Waals surface area contributed by atoms with Crippen LogP contribution in [0, 0.1) is 5.92 Å². The van der Waals surface area contributed by atoms with E-state index >= 15 is 0 Å². The number of rotatable bonds is 4. The SMILES string of the molecule is CN1CC[C@@H](C(=O)N2CCn3nc(C(=O)NCc4ccccn4)cc3C2)C1. The number of carbonyl (C=O) groups is 2. The van der Waals surface area contributed by atoms with Crippen LogP contribution in [0.3, 0.4) is 0 Å². The molecule has 2 aromatic rings. The molecule has 0 radical (unpaired) electrons. The summed E-state index contributed by atoms with van der Waals surface area (Å²) in [5.41, 5.74) is 2.09. The van der Waals surface area contributed by atoms with Crippen LogP contribution in [0.25, 0.3) is 0 Å². The standard InChI is InChI=1S/C19H24N6O2/c1-23-7-5-14(12-23)19(27)24-8-9-25-16(13-24)10-17(22-25)18(26)21-11-15-4-2-3-6-20-15/h2-4,6,10,14H,5,7-9,11-13H2,1H3,(H,21,26)/t14-/m1/s1. The Hall–Kier alpha value is -2.74. The van der Waals surface area contributed by atoms with E-state index in [1.807, 2.05) is 27.8 Å². The number of likely N-dealkylation sites (tertiary alicyclic amines) is 1. The van der Waals surface area contributed by atoms with Gasteiger partial charge in [-0.05, 0) is 38.2 Å². The molecule has 1 fully saturated rings. The third-order valence-electron chi connectivity index (χ3n) is 5.24. The summed E-state index contributed by atoms with van der Waals surface area (Å²) in [5, 5.41) is 7.25. The molecule has 1 N–H and O–H groups in total. The van der Waals surface area contributed by atoms with Gasteiger partial charge in [-0.25, -0.2) is 0 Å². The number of hydrogen-bond donors (Lipinski definition) is 1. The topological polar surface area (TPSA) is 83.4 Å². The van der Waals surface area contributed by atoms with Gasteiger partial charge in [0.2, 0.25) is 5.91 Å². The van der Waals surface area contributed by atoms with Gasteiger partial charge in [-0.3, -0.25) is 19.3 Å². The first kappa shape index (κ1) is 17.7. The lowest BCUT2D eigenvalue weighted by atomic mass is 10.1. The first-order valence-corrected chi connectivity index (χ1v) is 9.32. The normalized spacial score (nSPS) is 19.7. The second-order valence-electron chi connectivity index (χ2n) is 7.26. The van der Waals surface area contributed by atoms with E-state index in [2.05, 4.69) is 27.3 Å². The number of fused-ring (bicyclic) bond motifs is 1. The highest BCUT2D eigenvalue weighted by Crippen LogP contribution is 2.21. The molecule has 4 heterocycles. The van der Waals surface area contributed by atoms with Crippen molar-refractivity contribution in [3.8, 4) is 0 Å². The number of amides is 2. The van der Waals surface area contributed by atoms with Crippen molar-refractivity contribution in [3.05, 3.63) is 47.5 Å². The van der Waals surface area contributed by atoms with E-state index in [0.717, 1.165) is 30.9 Å². The van der Waals surface area contributed by atoms with E-state index in [0.29, 0.717) is 31.9 Å². The lowest BCUT2D eigenvalue weighted by molar-refractivity contribution is -0.136. The molecular formula is C19H24N6O2. The molecule has 2 amide bonds. The summed E-state index contributed by atoms with van der Waals surface area (Å²) in [6, 6.07) is 7.37. The maximum absolute atomic E-state index is 12.7. The molecule has 0 unspecified atom stereocenters. The highest BCUT2D eigenvalue weighted by atomic mass is 16.2. The summed E-state index contributed by atoms with van der Waals surface area (Å²) in [7, 11) is 2.05. The van der Waals surface area contributed by atoms with Gasteiger partial charge < -0.3 is 15.1 Å². The van der Waals surface area contributed by atoms with Gasteiger partial charge >= 0.3 is 0 Å². The van der Waals surface area contributed by atoms with Crippen molar-refractivity contribution >= 4 is 11.8 Å². The van der Waals surface area contributed by atoms with E-state index < -0.39 is 0 Å². The summed E-state index contributed by atoms with van der Waals surface area (Å²) in [4.78, 5) is 33.4. The van der Waals surface area contributed by atoms with Crippen molar-refractivity contribution in [1.82, 2.24) is 29.9 Å². The van der Waals surface area contributed by atoms with Gasteiger partial charge in [0.05, 0.1) is 36.9 Å². The molecule has 4 rings (SSSR count). The fraction of sp³-hybridized carbons (Fsp3) is 0.474. The first-order valence-electron chi connectivity index (χ1n) is 9.32. The molecule has 0 aromatic carbocycles. The molecule has 0 aliphatic carbocycles. The Morgan fingerprint density at radius 1 is 1.26 bits per heavy atom. The van der Waals surface area contributed by atoms with Crippen molar-refractivity contribution in [2.24, 2.45) is 5.92 Å². The summed E-state index contributed by atoms with van der Waals surface area (Å²) >= 11 is 0. The molecule has 1 saturated heterocycles. The minimum absolute atomic E-state index is 0.0885. The van der Waals surface area contributed by atoms with E-state index in [4.69, 9.17) is 0 Å². The van der Waals surface area contributed by atoms with Gasteiger partial charge in [-0.1, -0.05) is 6.07 Å². The number of pyridine rings is 1. The van der Waals surface area contributed by atoms with Gasteiger partial charge in [0.25, 0.3) is 5.91 Å². The minimum atomic E-state index is -0.224. The predicted octanol–water partition coefficient (Wildman–Crippen LogP) is 0.502. The van der Waals surface area contributed by atoms with Crippen molar-refractivity contribution in [2.45, 2.75) is 26.1 Å². The van der Waals surface area contributed by atoms with Crippen LogP contribution in [0.4, 0.5) is 0 Å². The Labute approximate surface area is 158 Å². The van der Waals surface area contributed by atoms with Crippen LogP contribution in [0.5, 0.6) is 0 Å². The summed E-state index contributed by atoms with van der Waals surface area (Å²) < 4.78 is 1.83. The number of nitrogens with one attached hydrogen (secondary N) is 1. The smallest absolute Gasteiger partial charge is 0.272 e. The lowest BCUT2D eigenvalue weighted by Crippen LogP contribution is -2.42. The van der Waals surface area contributed by atoms with E-state index in [-0.39, 0.29) is 17.7 Å². The number of hydrogen-bond acceptors (Lipinski definition) is 5. The van der Waals surface area contributed by atoms with Crippen LogP contribution in [-0.2, 0) is 24.4 Å². The van der Waals surface area contributed by atoms with Crippen molar-refractivity contribution < 1.29 is 9.59 Å². The predicted molar refractivity (Wildman–Crippen MR) is 98.7 cm³/mol. The molecule has 0 bridgehead atoms. The second kappa shape index (κ2) is 7.48. The van der Waals surface area contributed by atoms with E-state index in [9.17, 15) is 9.59 Å². The Balaban J connectivity index is 1.38. The monoisotopic (exact) mass is 368 g/mol. The fourth-order valence-electron chi connectivity index (χ4n) is 3.72. The van der Waals surface area contributed by atoms with Gasteiger partial charge in [0.1, 0.15) is 0 Å². The zero-order chi connectivity index (χ0) is 18.8. The number of nitrogens with zero attached hydrogens (tertiary/aromatic N) is 5. The zero-order valence-electron chi connectivity index (χ0n) is 15.5. The van der Waals surface area contributed by atoms with Crippen LogP contribution in [-0.4, -0.2) is 63.1 Å². The largest absolute Gasteiger partial charge is 0.345 e. The quantitative estimate of drug-likeness (QED) is 0.850. The molecule has 8 heteroatoms. The molecule has 1 atom stereocenters. The molecule has 0 spiro atoms. The van der Waals surface area contributed by atoms with Gasteiger partial charge in [0.15, 0.2) is 5.69 Å². The summed E-state index contributed by atoms with van der Waals surface area (Å²) in [5.74, 6) is 0.0800. The van der Waals surface area contributed by atoms with Gasteiger partial charge in [-0.15, -0.1) is 0 Å². The van der Waals surface area contributed by atoms with Crippen LogP contribution >= 0.6 is 0 Å². The zero-order valence-corrected chi connectivity index (χ0v) is 15.5. The molecule has 27 heavy (non-hydrogen) atoms. The average molecular weight is 368 g/mol. The van der Waals surface area contributed by atoms with E-state index in [1.165, 1.54) is 0 Å². The van der Waals surface area contributed by atoms with Crippen molar-refractivity contribution in [2.75, 3.05) is 26.7 Å². The highest BCUT2D eigenvalue weighted by Gasteiger charge is 2.32. The minimum Gasteiger partial charge on any atom is -0.345 e. The Kier molecular flexibility index (Phi) is 4.89. The third kappa shape index (κ3) is 3.85. The van der Waals surface area contributed by atoms with Crippen molar-refractivity contribution in [3.63, 3.8) is 0 Å². The van der Waals surface area contributed by atoms with Crippen LogP contribution in [0.15, 0.2) is 30.5 Å². The van der Waals surface area contributed by atoms with Crippen molar-refractivity contribution in [1.29, 1.82) is 0 Å². The molecule has 2 aromatic heterocycles. The summed E-state index contributed by atoms with van der Waals surface area (Å²) in [6.45, 7) is 3.94. The van der Waals surface area contributed by atoms with Crippen LogP contribution in [0.1, 0.15) is 28.3 Å². The van der Waals surface area contributed by atoms with Crippen LogP contribution < -0.4 is 5.32 Å². The lowest BCUT2D eigenvalue weighted by Gasteiger charge is -2.29. The molecule has 0 saturated carbocycles. The number of aromatic nitrogens is 3. The Bertz CT molecular complexity index is 834. The maximum atomic E-state index is 12.7. The Morgan fingerprint density at radius 2 is 2.15 bits per heavy atom. The maximum Gasteiger partial charge on any atom is 0.272 e. The molecule has 2 aliphatic rings. The molecular weight excluding hydrogens is 344 g/mol. The highest BCUT2D eigenvalue weighted by molar-refractivity contribution is 5.92. The third-order valence-corrected chi connectivity index (χ3v) is 5.24. The van der Waals surface area contributed by atoms with E-state index in [1.54, 1.807) is 12.3 Å². The van der Waals surface area contributed by atoms with Gasteiger partial charge in [-0.2, -0.15) is 5.10 Å². The second-order valence-corrected chi connectivity index (χ2v) is 7.26. The first-order chi connectivity index (χ1) is 13.1. The fourth-order valence-corrected chi connectivity index (χ4v) is 3.72.